The molecule has 27 heavy (non-hydrogen) atoms. The normalized spacial score (nSPS) is 11.9. The molecule has 4 heteroatoms. The van der Waals surface area contributed by atoms with Crippen molar-refractivity contribution in [3.8, 4) is 11.3 Å². The van der Waals surface area contributed by atoms with Crippen LogP contribution in [0, 0.1) is 0 Å². The van der Waals surface area contributed by atoms with Crippen LogP contribution in [0.4, 0.5) is 0 Å². The highest BCUT2D eigenvalue weighted by atomic mass is 79.9. The largest absolute Gasteiger partial charge is 0.353 e. The van der Waals surface area contributed by atoms with Crippen LogP contribution in [0.25, 0.3) is 55.0 Å². The van der Waals surface area contributed by atoms with Crippen molar-refractivity contribution in [2.45, 2.75) is 0 Å². The molecule has 3 aromatic carbocycles. The van der Waals surface area contributed by atoms with Crippen molar-refractivity contribution in [2.75, 3.05) is 0 Å². The van der Waals surface area contributed by atoms with Crippen molar-refractivity contribution in [2.24, 2.45) is 0 Å². The summed E-state index contributed by atoms with van der Waals surface area (Å²) < 4.78 is 1.06. The highest BCUT2D eigenvalue weighted by Gasteiger charge is 2.18. The van der Waals surface area contributed by atoms with Gasteiger partial charge in [0.15, 0.2) is 0 Å². The van der Waals surface area contributed by atoms with Crippen LogP contribution in [0.3, 0.4) is 0 Å². The lowest BCUT2D eigenvalue weighted by Gasteiger charge is -2.05. The molecule has 0 fully saturated rings. The number of aromatic amines is 2. The Morgan fingerprint density at radius 3 is 2.07 bits per heavy atom. The molecule has 0 aliphatic heterocycles. The molecule has 3 aromatic heterocycles. The minimum absolute atomic E-state index is 0.978. The van der Waals surface area contributed by atoms with E-state index >= 15 is 0 Å². The van der Waals surface area contributed by atoms with Gasteiger partial charge in [0.2, 0.25) is 0 Å². The first-order valence-corrected chi connectivity index (χ1v) is 9.66. The second kappa shape index (κ2) is 5.44. The molecule has 0 spiro atoms. The van der Waals surface area contributed by atoms with Gasteiger partial charge < -0.3 is 9.97 Å². The summed E-state index contributed by atoms with van der Waals surface area (Å²) in [7, 11) is 0. The number of fused-ring (bicyclic) bond motifs is 7. The Morgan fingerprint density at radius 2 is 1.30 bits per heavy atom. The lowest BCUT2D eigenvalue weighted by Crippen LogP contribution is -1.87. The Labute approximate surface area is 163 Å². The molecule has 0 saturated heterocycles. The Morgan fingerprint density at radius 1 is 0.667 bits per heavy atom. The first kappa shape index (κ1) is 15.0. The molecule has 0 bridgehead atoms. The molecule has 3 heterocycles. The number of halogens is 1. The van der Waals surface area contributed by atoms with Crippen LogP contribution in [0.5, 0.6) is 0 Å². The summed E-state index contributed by atoms with van der Waals surface area (Å²) in [5.41, 5.74) is 7.48. The summed E-state index contributed by atoms with van der Waals surface area (Å²) >= 11 is 3.53. The molecule has 0 aliphatic carbocycles. The second-order valence-corrected chi connectivity index (χ2v) is 7.70. The van der Waals surface area contributed by atoms with Gasteiger partial charge in [-0.1, -0.05) is 64.5 Å². The van der Waals surface area contributed by atoms with Crippen LogP contribution >= 0.6 is 15.9 Å². The molecule has 128 valence electrons. The van der Waals surface area contributed by atoms with Gasteiger partial charge in [0.05, 0.1) is 22.2 Å². The van der Waals surface area contributed by atoms with Crippen LogP contribution in [0.2, 0.25) is 0 Å². The van der Waals surface area contributed by atoms with E-state index in [0.717, 1.165) is 48.7 Å². The first-order valence-electron chi connectivity index (χ1n) is 8.86. The van der Waals surface area contributed by atoms with Gasteiger partial charge in [-0.2, -0.15) is 0 Å². The Bertz CT molecular complexity index is 1470. The SMILES string of the molecule is Brc1ccc(-c2nc3c4ccccc4[nH]c3c3c2[nH]c2ccccc23)cc1. The summed E-state index contributed by atoms with van der Waals surface area (Å²) in [6.45, 7) is 0. The van der Waals surface area contributed by atoms with Gasteiger partial charge in [-0.05, 0) is 24.3 Å². The maximum atomic E-state index is 5.11. The molecule has 0 amide bonds. The predicted octanol–water partition coefficient (Wildman–Crippen LogP) is 6.78. The summed E-state index contributed by atoms with van der Waals surface area (Å²) in [6.07, 6.45) is 0. The van der Waals surface area contributed by atoms with Gasteiger partial charge in [-0.15, -0.1) is 0 Å². The number of pyridine rings is 1. The Kier molecular flexibility index (Phi) is 3.02. The van der Waals surface area contributed by atoms with E-state index in [1.165, 1.54) is 10.8 Å². The van der Waals surface area contributed by atoms with Crippen LogP contribution in [-0.2, 0) is 0 Å². The van der Waals surface area contributed by atoms with E-state index in [2.05, 4.69) is 98.7 Å². The highest BCUT2D eigenvalue weighted by molar-refractivity contribution is 9.10. The topological polar surface area (TPSA) is 44.5 Å². The number of para-hydroxylation sites is 2. The fraction of sp³-hybridized carbons (Fsp3) is 0. The Balaban J connectivity index is 1.88. The van der Waals surface area contributed by atoms with Gasteiger partial charge in [0, 0.05) is 37.2 Å². The third kappa shape index (κ3) is 2.10. The molecule has 0 saturated carbocycles. The van der Waals surface area contributed by atoms with E-state index in [4.69, 9.17) is 4.98 Å². The molecule has 0 atom stereocenters. The minimum Gasteiger partial charge on any atom is -0.353 e. The molecule has 0 aliphatic rings. The van der Waals surface area contributed by atoms with E-state index in [1.54, 1.807) is 0 Å². The number of hydrogen-bond donors (Lipinski definition) is 2. The minimum atomic E-state index is 0.978. The lowest BCUT2D eigenvalue weighted by molar-refractivity contribution is 1.40. The zero-order chi connectivity index (χ0) is 18.0. The molecule has 0 unspecified atom stereocenters. The van der Waals surface area contributed by atoms with Crippen molar-refractivity contribution in [1.29, 1.82) is 0 Å². The third-order valence-electron chi connectivity index (χ3n) is 5.21. The van der Waals surface area contributed by atoms with Gasteiger partial charge in [-0.25, -0.2) is 4.98 Å². The number of nitrogens with zero attached hydrogens (tertiary/aromatic N) is 1. The average Bonchev–Trinajstić information content (AvgIpc) is 3.26. The molecular weight excluding hydrogens is 398 g/mol. The van der Waals surface area contributed by atoms with Crippen LogP contribution in [0.15, 0.2) is 77.3 Å². The van der Waals surface area contributed by atoms with Gasteiger partial charge >= 0.3 is 0 Å². The van der Waals surface area contributed by atoms with Crippen molar-refractivity contribution in [1.82, 2.24) is 15.0 Å². The zero-order valence-corrected chi connectivity index (χ0v) is 15.8. The third-order valence-corrected chi connectivity index (χ3v) is 5.74. The van der Waals surface area contributed by atoms with Crippen molar-refractivity contribution in [3.63, 3.8) is 0 Å². The molecule has 3 nitrogen and oxygen atoms in total. The average molecular weight is 412 g/mol. The van der Waals surface area contributed by atoms with E-state index in [0.29, 0.717) is 0 Å². The van der Waals surface area contributed by atoms with Gasteiger partial charge in [0.1, 0.15) is 0 Å². The van der Waals surface area contributed by atoms with E-state index in [9.17, 15) is 0 Å². The maximum absolute atomic E-state index is 5.11. The maximum Gasteiger partial charge on any atom is 0.0973 e. The molecule has 0 radical (unpaired) electrons. The number of nitrogens with one attached hydrogen (secondary N) is 2. The van der Waals surface area contributed by atoms with E-state index < -0.39 is 0 Å². The van der Waals surface area contributed by atoms with Crippen molar-refractivity contribution < 1.29 is 0 Å². The molecule has 6 aromatic rings. The smallest absolute Gasteiger partial charge is 0.0973 e. The zero-order valence-electron chi connectivity index (χ0n) is 14.3. The predicted molar refractivity (Wildman–Crippen MR) is 116 cm³/mol. The first-order chi connectivity index (χ1) is 13.3. The van der Waals surface area contributed by atoms with Gasteiger partial charge in [-0.3, -0.25) is 0 Å². The van der Waals surface area contributed by atoms with Crippen molar-refractivity contribution >= 4 is 59.7 Å². The van der Waals surface area contributed by atoms with E-state index in [1.807, 2.05) is 0 Å². The number of H-pyrrole nitrogens is 2. The van der Waals surface area contributed by atoms with Crippen LogP contribution < -0.4 is 0 Å². The molecule has 2 N–H and O–H groups in total. The standard InChI is InChI=1S/C23H14BrN3/c24-14-11-9-13(10-12-14)20-22-19(15-5-1-3-7-17(15)25-22)23-21(27-20)16-6-2-4-8-18(16)26-23/h1-12,25-26H. The Hall–Kier alpha value is -3.11. The summed E-state index contributed by atoms with van der Waals surface area (Å²) in [6, 6.07) is 25.1. The summed E-state index contributed by atoms with van der Waals surface area (Å²) in [5, 5.41) is 3.56. The number of hydrogen-bond acceptors (Lipinski definition) is 1. The fourth-order valence-electron chi connectivity index (χ4n) is 3.99. The van der Waals surface area contributed by atoms with E-state index in [-0.39, 0.29) is 0 Å². The molecule has 6 rings (SSSR count). The van der Waals surface area contributed by atoms with Gasteiger partial charge in [0.25, 0.3) is 0 Å². The summed E-state index contributed by atoms with van der Waals surface area (Å²) in [4.78, 5) is 12.3. The summed E-state index contributed by atoms with van der Waals surface area (Å²) in [5.74, 6) is 0. The number of rotatable bonds is 1. The molecular formula is C23H14BrN3. The highest BCUT2D eigenvalue weighted by Crippen LogP contribution is 2.39. The number of benzene rings is 3. The van der Waals surface area contributed by atoms with Crippen LogP contribution in [-0.4, -0.2) is 15.0 Å². The number of aromatic nitrogens is 3. The second-order valence-electron chi connectivity index (χ2n) is 6.78. The fourth-order valence-corrected chi connectivity index (χ4v) is 4.25. The quantitative estimate of drug-likeness (QED) is 0.307. The van der Waals surface area contributed by atoms with Crippen LogP contribution in [0.1, 0.15) is 0 Å². The van der Waals surface area contributed by atoms with Crippen molar-refractivity contribution in [3.05, 3.63) is 77.3 Å². The monoisotopic (exact) mass is 411 g/mol. The lowest BCUT2D eigenvalue weighted by atomic mass is 10.1.